The van der Waals surface area contributed by atoms with E-state index < -0.39 is 23.9 Å². The summed E-state index contributed by atoms with van der Waals surface area (Å²) < 4.78 is 5.34. The lowest BCUT2D eigenvalue weighted by atomic mass is 9.75. The number of hydrogen-bond donors (Lipinski definition) is 3. The van der Waals surface area contributed by atoms with Crippen molar-refractivity contribution in [3.05, 3.63) is 12.2 Å². The Bertz CT molecular complexity index is 291. The van der Waals surface area contributed by atoms with Gasteiger partial charge < -0.3 is 20.1 Å². The van der Waals surface area contributed by atoms with E-state index in [2.05, 4.69) is 12.2 Å². The highest BCUT2D eigenvalue weighted by Crippen LogP contribution is 2.35. The highest BCUT2D eigenvalue weighted by molar-refractivity contribution is 5.02. The molecule has 3 N–H and O–H groups in total. The van der Waals surface area contributed by atoms with E-state index in [0.29, 0.717) is 12.3 Å². The molecule has 0 bridgehead atoms. The van der Waals surface area contributed by atoms with Crippen LogP contribution in [-0.4, -0.2) is 45.8 Å². The molecule has 1 heterocycles. The van der Waals surface area contributed by atoms with Crippen LogP contribution >= 0.6 is 0 Å². The van der Waals surface area contributed by atoms with Crippen LogP contribution in [0, 0.1) is 5.92 Å². The van der Waals surface area contributed by atoms with Crippen molar-refractivity contribution in [3.63, 3.8) is 0 Å². The minimum absolute atomic E-state index is 0.0925. The fourth-order valence-electron chi connectivity index (χ4n) is 2.84. The number of ether oxygens (including phenoxy) is 1. The van der Waals surface area contributed by atoms with Crippen molar-refractivity contribution in [1.29, 1.82) is 0 Å². The molecular weight excluding hydrogens is 220 g/mol. The Kier molecular flexibility index (Phi) is 3.88. The topological polar surface area (TPSA) is 69.9 Å². The quantitative estimate of drug-likeness (QED) is 0.620. The number of aliphatic hydroxyl groups is 3. The van der Waals surface area contributed by atoms with E-state index in [-0.39, 0.29) is 6.61 Å². The lowest BCUT2D eigenvalue weighted by Crippen LogP contribution is -2.62. The van der Waals surface area contributed by atoms with Crippen molar-refractivity contribution in [2.24, 2.45) is 5.92 Å². The molecule has 98 valence electrons. The van der Waals surface area contributed by atoms with Gasteiger partial charge in [0.2, 0.25) is 0 Å². The molecule has 1 saturated heterocycles. The zero-order valence-corrected chi connectivity index (χ0v) is 10.2. The average molecular weight is 242 g/mol. The molecule has 17 heavy (non-hydrogen) atoms. The van der Waals surface area contributed by atoms with Gasteiger partial charge in [0.1, 0.15) is 17.8 Å². The van der Waals surface area contributed by atoms with Gasteiger partial charge in [0.15, 0.2) is 0 Å². The van der Waals surface area contributed by atoms with E-state index >= 15 is 0 Å². The molecule has 0 aromatic carbocycles. The third-order valence-corrected chi connectivity index (χ3v) is 4.09. The molecular formula is C13H22O4. The summed E-state index contributed by atoms with van der Waals surface area (Å²) in [6.45, 7) is 1.85. The van der Waals surface area contributed by atoms with Crippen LogP contribution in [0.1, 0.15) is 32.6 Å². The van der Waals surface area contributed by atoms with Gasteiger partial charge in [-0.25, -0.2) is 0 Å². The first-order valence-electron chi connectivity index (χ1n) is 6.39. The molecule has 0 amide bonds. The second-order valence-electron chi connectivity index (χ2n) is 5.33. The van der Waals surface area contributed by atoms with E-state index in [1.165, 1.54) is 0 Å². The van der Waals surface area contributed by atoms with Crippen molar-refractivity contribution in [2.75, 3.05) is 6.61 Å². The molecule has 1 fully saturated rings. The fourth-order valence-corrected chi connectivity index (χ4v) is 2.84. The third-order valence-electron chi connectivity index (χ3n) is 4.09. The molecule has 0 radical (unpaired) electrons. The largest absolute Gasteiger partial charge is 0.388 e. The zero-order chi connectivity index (χ0) is 12.5. The summed E-state index contributed by atoms with van der Waals surface area (Å²) in [6.07, 6.45) is 5.18. The Labute approximate surface area is 102 Å². The van der Waals surface area contributed by atoms with Crippen molar-refractivity contribution in [3.8, 4) is 0 Å². The summed E-state index contributed by atoms with van der Waals surface area (Å²) in [5, 5.41) is 30.2. The van der Waals surface area contributed by atoms with Gasteiger partial charge in [-0.15, -0.1) is 0 Å². The number of hydrogen-bond acceptors (Lipinski definition) is 4. The van der Waals surface area contributed by atoms with Crippen LogP contribution in [0.2, 0.25) is 0 Å². The maximum Gasteiger partial charge on any atom is 0.119 e. The maximum absolute atomic E-state index is 10.6. The molecule has 5 atom stereocenters. The highest BCUT2D eigenvalue weighted by atomic mass is 16.5. The van der Waals surface area contributed by atoms with Crippen molar-refractivity contribution >= 4 is 0 Å². The zero-order valence-electron chi connectivity index (χ0n) is 10.2. The molecule has 4 heteroatoms. The molecule has 1 aliphatic carbocycles. The summed E-state index contributed by atoms with van der Waals surface area (Å²) in [7, 11) is 0. The van der Waals surface area contributed by atoms with Crippen molar-refractivity contribution in [2.45, 2.75) is 56.5 Å². The minimum Gasteiger partial charge on any atom is -0.388 e. The molecule has 4 nitrogen and oxygen atoms in total. The van der Waals surface area contributed by atoms with Crippen LogP contribution in [0.25, 0.3) is 0 Å². The first kappa shape index (κ1) is 13.0. The second kappa shape index (κ2) is 5.06. The lowest BCUT2D eigenvalue weighted by Gasteiger charge is -2.45. The summed E-state index contributed by atoms with van der Waals surface area (Å²) in [5.74, 6) is 0.357. The van der Waals surface area contributed by atoms with Crippen molar-refractivity contribution < 1.29 is 20.1 Å². The monoisotopic (exact) mass is 242 g/mol. The van der Waals surface area contributed by atoms with E-state index in [1.807, 2.05) is 0 Å². The first-order valence-corrected chi connectivity index (χ1v) is 6.39. The summed E-state index contributed by atoms with van der Waals surface area (Å²) in [4.78, 5) is 0. The molecule has 0 saturated carbocycles. The maximum atomic E-state index is 10.6. The minimum atomic E-state index is -1.33. The van der Waals surface area contributed by atoms with Gasteiger partial charge in [-0.05, 0) is 38.5 Å². The Hall–Kier alpha value is -0.420. The van der Waals surface area contributed by atoms with E-state index in [0.717, 1.165) is 19.3 Å². The number of allylic oxidation sites excluding steroid dienone is 2. The van der Waals surface area contributed by atoms with Gasteiger partial charge >= 0.3 is 0 Å². The number of rotatable bonds is 2. The van der Waals surface area contributed by atoms with Crippen LogP contribution in [0.3, 0.4) is 0 Å². The van der Waals surface area contributed by atoms with E-state index in [9.17, 15) is 15.3 Å². The number of aliphatic hydroxyl groups excluding tert-OH is 2. The predicted octanol–water partition coefficient (Wildman–Crippen LogP) is 0.604. The summed E-state index contributed by atoms with van der Waals surface area (Å²) in [5.41, 5.74) is -1.33. The fraction of sp³-hybridized carbons (Fsp3) is 0.846. The Morgan fingerprint density at radius 3 is 2.76 bits per heavy atom. The van der Waals surface area contributed by atoms with Gasteiger partial charge in [-0.3, -0.25) is 0 Å². The normalized spacial score (nSPS) is 47.1. The second-order valence-corrected chi connectivity index (χ2v) is 5.33. The van der Waals surface area contributed by atoms with Gasteiger partial charge in [-0.2, -0.15) is 0 Å². The molecule has 0 aromatic heterocycles. The lowest BCUT2D eigenvalue weighted by molar-refractivity contribution is -0.243. The van der Waals surface area contributed by atoms with Crippen LogP contribution in [0.5, 0.6) is 0 Å². The third kappa shape index (κ3) is 2.55. The molecule has 1 aliphatic heterocycles. The van der Waals surface area contributed by atoms with E-state index in [1.54, 1.807) is 6.92 Å². The standard InChI is InChI=1S/C13H22O4/c1-9-13(16,12(15)11(14)8-17-9)7-10-5-3-2-4-6-10/h2-3,9-12,14-16H,4-8H2,1H3/t9?,10?,11?,12?,13-/m1/s1. The summed E-state index contributed by atoms with van der Waals surface area (Å²) in [6, 6.07) is 0. The smallest absolute Gasteiger partial charge is 0.119 e. The first-order chi connectivity index (χ1) is 8.04. The van der Waals surface area contributed by atoms with Crippen LogP contribution < -0.4 is 0 Å². The van der Waals surface area contributed by atoms with E-state index in [4.69, 9.17) is 4.74 Å². The Morgan fingerprint density at radius 2 is 2.12 bits per heavy atom. The Balaban J connectivity index is 2.06. The van der Waals surface area contributed by atoms with Crippen molar-refractivity contribution in [1.82, 2.24) is 0 Å². The van der Waals surface area contributed by atoms with Crippen LogP contribution in [-0.2, 0) is 4.74 Å². The SMILES string of the molecule is CC1OCC(O)C(O)[C@@]1(O)CC1CC=CCC1. The average Bonchev–Trinajstić information content (AvgIpc) is 2.34. The Morgan fingerprint density at radius 1 is 1.35 bits per heavy atom. The molecule has 4 unspecified atom stereocenters. The van der Waals surface area contributed by atoms with Crippen LogP contribution in [0.4, 0.5) is 0 Å². The molecule has 2 rings (SSSR count). The molecule has 2 aliphatic rings. The highest BCUT2D eigenvalue weighted by Gasteiger charge is 2.49. The summed E-state index contributed by atoms with van der Waals surface area (Å²) >= 11 is 0. The predicted molar refractivity (Wildman–Crippen MR) is 63.5 cm³/mol. The van der Waals surface area contributed by atoms with Gasteiger partial charge in [0.05, 0.1) is 12.7 Å². The molecule has 0 aromatic rings. The van der Waals surface area contributed by atoms with Gasteiger partial charge in [0, 0.05) is 0 Å². The molecule has 0 spiro atoms. The van der Waals surface area contributed by atoms with Gasteiger partial charge in [-0.1, -0.05) is 12.2 Å². The van der Waals surface area contributed by atoms with Gasteiger partial charge in [0.25, 0.3) is 0 Å². The van der Waals surface area contributed by atoms with Crippen LogP contribution in [0.15, 0.2) is 12.2 Å².